The van der Waals surface area contributed by atoms with Crippen LogP contribution in [0.5, 0.6) is 0 Å². The average molecular weight is 260 g/mol. The Morgan fingerprint density at radius 2 is 1.82 bits per heavy atom. The summed E-state index contributed by atoms with van der Waals surface area (Å²) < 4.78 is 0. The second kappa shape index (κ2) is 5.13. The lowest BCUT2D eigenvalue weighted by atomic mass is 10.0. The molecule has 0 fully saturated rings. The molecule has 0 radical (unpaired) electrons. The van der Waals surface area contributed by atoms with Crippen LogP contribution < -0.4 is 5.73 Å². The van der Waals surface area contributed by atoms with Crippen LogP contribution >= 0.6 is 11.6 Å². The van der Waals surface area contributed by atoms with Gasteiger partial charge in [-0.05, 0) is 23.8 Å². The predicted molar refractivity (Wildman–Crippen MR) is 58.6 cm³/mol. The van der Waals surface area contributed by atoms with Crippen molar-refractivity contribution in [2.75, 3.05) is 0 Å². The van der Waals surface area contributed by atoms with E-state index in [2.05, 4.69) is 0 Å². The normalized spacial score (nSPS) is 14.1. The number of aliphatic hydroxyl groups is 2. The van der Waals surface area contributed by atoms with Gasteiger partial charge in [0.25, 0.3) is 0 Å². The number of amides is 1. The van der Waals surface area contributed by atoms with Crippen LogP contribution in [-0.2, 0) is 4.79 Å². The number of halogens is 1. The molecule has 92 valence electrons. The first-order valence-electron chi connectivity index (χ1n) is 4.52. The highest BCUT2D eigenvalue weighted by molar-refractivity contribution is 6.31. The molecule has 0 saturated heterocycles. The summed E-state index contributed by atoms with van der Waals surface area (Å²) in [6.07, 6.45) is -3.44. The summed E-state index contributed by atoms with van der Waals surface area (Å²) in [4.78, 5) is 21.4. The molecule has 7 heteroatoms. The number of primary amides is 1. The van der Waals surface area contributed by atoms with Crippen LogP contribution in [0.2, 0.25) is 5.02 Å². The van der Waals surface area contributed by atoms with Gasteiger partial charge in [0.05, 0.1) is 5.56 Å². The Bertz CT molecular complexity index is 462. The Hall–Kier alpha value is -1.63. The maximum absolute atomic E-state index is 10.7. The van der Waals surface area contributed by atoms with Gasteiger partial charge in [-0.25, -0.2) is 4.79 Å². The van der Waals surface area contributed by atoms with Crippen molar-refractivity contribution in [3.63, 3.8) is 0 Å². The fraction of sp³-hybridized carbons (Fsp3) is 0.200. The Labute approximate surface area is 101 Å². The summed E-state index contributed by atoms with van der Waals surface area (Å²) in [5.41, 5.74) is 4.65. The SMILES string of the molecule is NC(=O)C(O)C(O)c1cc(Cl)cc(C(=O)O)c1. The van der Waals surface area contributed by atoms with Crippen molar-refractivity contribution in [1.82, 2.24) is 0 Å². The third-order valence-corrected chi connectivity index (χ3v) is 2.32. The quantitative estimate of drug-likeness (QED) is 0.602. The van der Waals surface area contributed by atoms with E-state index >= 15 is 0 Å². The van der Waals surface area contributed by atoms with Crippen LogP contribution in [0.25, 0.3) is 0 Å². The molecule has 0 saturated carbocycles. The van der Waals surface area contributed by atoms with Gasteiger partial charge in [0, 0.05) is 5.02 Å². The van der Waals surface area contributed by atoms with Gasteiger partial charge in [-0.3, -0.25) is 4.79 Å². The van der Waals surface area contributed by atoms with E-state index in [0.29, 0.717) is 0 Å². The van der Waals surface area contributed by atoms with Crippen molar-refractivity contribution < 1.29 is 24.9 Å². The summed E-state index contributed by atoms with van der Waals surface area (Å²) in [5, 5.41) is 27.7. The molecule has 17 heavy (non-hydrogen) atoms. The molecular formula is C10H10ClNO5. The summed E-state index contributed by atoms with van der Waals surface area (Å²) in [7, 11) is 0. The number of nitrogens with two attached hydrogens (primary N) is 1. The van der Waals surface area contributed by atoms with Crippen LogP contribution in [-0.4, -0.2) is 33.3 Å². The summed E-state index contributed by atoms with van der Waals surface area (Å²) >= 11 is 5.65. The van der Waals surface area contributed by atoms with E-state index < -0.39 is 24.1 Å². The van der Waals surface area contributed by atoms with Gasteiger partial charge in [0.2, 0.25) is 5.91 Å². The molecule has 5 N–H and O–H groups in total. The number of rotatable bonds is 4. The van der Waals surface area contributed by atoms with Crippen molar-refractivity contribution in [3.05, 3.63) is 34.3 Å². The van der Waals surface area contributed by atoms with Gasteiger partial charge < -0.3 is 21.1 Å². The number of hydrogen-bond acceptors (Lipinski definition) is 4. The summed E-state index contributed by atoms with van der Waals surface area (Å²) in [6.45, 7) is 0. The minimum atomic E-state index is -1.82. The minimum Gasteiger partial charge on any atom is -0.478 e. The third kappa shape index (κ3) is 3.16. The predicted octanol–water partition coefficient (Wildman–Crippen LogP) is -0.0822. The zero-order valence-electron chi connectivity index (χ0n) is 8.50. The number of aliphatic hydroxyl groups excluding tert-OH is 2. The molecule has 1 amide bonds. The van der Waals surface area contributed by atoms with Crippen LogP contribution in [0.3, 0.4) is 0 Å². The molecule has 0 bridgehead atoms. The Morgan fingerprint density at radius 1 is 1.24 bits per heavy atom. The van der Waals surface area contributed by atoms with E-state index in [-0.39, 0.29) is 16.1 Å². The first kappa shape index (κ1) is 13.4. The van der Waals surface area contributed by atoms with E-state index in [1.165, 1.54) is 12.1 Å². The first-order chi connectivity index (χ1) is 7.82. The fourth-order valence-corrected chi connectivity index (χ4v) is 1.49. The van der Waals surface area contributed by atoms with Gasteiger partial charge in [0.15, 0.2) is 6.10 Å². The third-order valence-electron chi connectivity index (χ3n) is 2.10. The topological polar surface area (TPSA) is 121 Å². The zero-order valence-corrected chi connectivity index (χ0v) is 9.26. The Kier molecular flexibility index (Phi) is 4.06. The summed E-state index contributed by atoms with van der Waals surface area (Å²) in [6, 6.07) is 3.52. The van der Waals surface area contributed by atoms with E-state index in [1.54, 1.807) is 0 Å². The molecular weight excluding hydrogens is 250 g/mol. The highest BCUT2D eigenvalue weighted by atomic mass is 35.5. The van der Waals surface area contributed by atoms with E-state index in [9.17, 15) is 19.8 Å². The lowest BCUT2D eigenvalue weighted by molar-refractivity contribution is -0.131. The Balaban J connectivity index is 3.13. The molecule has 0 aliphatic rings. The molecule has 0 heterocycles. The molecule has 0 aliphatic carbocycles. The molecule has 2 atom stereocenters. The van der Waals surface area contributed by atoms with Crippen LogP contribution in [0.1, 0.15) is 22.0 Å². The number of carbonyl (C=O) groups is 2. The molecule has 0 aliphatic heterocycles. The zero-order chi connectivity index (χ0) is 13.2. The number of aromatic carboxylic acids is 1. The fourth-order valence-electron chi connectivity index (χ4n) is 1.24. The largest absolute Gasteiger partial charge is 0.478 e. The standard InChI is InChI=1S/C10H10ClNO5/c11-6-2-4(1-5(3-6)10(16)17)7(13)8(14)9(12)15/h1-3,7-8,13-14H,(H2,12,15)(H,16,17). The minimum absolute atomic E-state index is 0.00111. The molecule has 2 unspecified atom stereocenters. The van der Waals surface area contributed by atoms with E-state index in [4.69, 9.17) is 22.4 Å². The van der Waals surface area contributed by atoms with Gasteiger partial charge in [-0.1, -0.05) is 11.6 Å². The smallest absolute Gasteiger partial charge is 0.335 e. The van der Waals surface area contributed by atoms with E-state index in [1.807, 2.05) is 0 Å². The average Bonchev–Trinajstić information content (AvgIpc) is 2.25. The summed E-state index contributed by atoms with van der Waals surface area (Å²) in [5.74, 6) is -2.36. The maximum atomic E-state index is 10.7. The van der Waals surface area contributed by atoms with Crippen LogP contribution in [0.15, 0.2) is 18.2 Å². The van der Waals surface area contributed by atoms with Gasteiger partial charge in [-0.2, -0.15) is 0 Å². The van der Waals surface area contributed by atoms with Gasteiger partial charge in [0.1, 0.15) is 6.10 Å². The second-order valence-electron chi connectivity index (χ2n) is 3.37. The number of hydrogen-bond donors (Lipinski definition) is 4. The molecule has 1 aromatic rings. The number of carboxylic acid groups (broad SMARTS) is 1. The highest BCUT2D eigenvalue weighted by Gasteiger charge is 2.24. The monoisotopic (exact) mass is 259 g/mol. The number of carboxylic acids is 1. The number of benzene rings is 1. The maximum Gasteiger partial charge on any atom is 0.335 e. The second-order valence-corrected chi connectivity index (χ2v) is 3.81. The Morgan fingerprint density at radius 3 is 2.29 bits per heavy atom. The van der Waals surface area contributed by atoms with Gasteiger partial charge >= 0.3 is 5.97 Å². The van der Waals surface area contributed by atoms with Crippen molar-refractivity contribution >= 4 is 23.5 Å². The van der Waals surface area contributed by atoms with Crippen molar-refractivity contribution in [2.45, 2.75) is 12.2 Å². The molecule has 1 rings (SSSR count). The molecule has 1 aromatic carbocycles. The first-order valence-corrected chi connectivity index (χ1v) is 4.90. The van der Waals surface area contributed by atoms with Crippen molar-refractivity contribution in [3.8, 4) is 0 Å². The van der Waals surface area contributed by atoms with Crippen LogP contribution in [0, 0.1) is 0 Å². The lowest BCUT2D eigenvalue weighted by Crippen LogP contribution is -2.33. The lowest BCUT2D eigenvalue weighted by Gasteiger charge is -2.15. The number of carbonyl (C=O) groups excluding carboxylic acids is 1. The highest BCUT2D eigenvalue weighted by Crippen LogP contribution is 2.23. The van der Waals surface area contributed by atoms with Gasteiger partial charge in [-0.15, -0.1) is 0 Å². The van der Waals surface area contributed by atoms with Crippen molar-refractivity contribution in [2.24, 2.45) is 5.73 Å². The molecule has 6 nitrogen and oxygen atoms in total. The molecule has 0 spiro atoms. The van der Waals surface area contributed by atoms with Crippen LogP contribution in [0.4, 0.5) is 0 Å². The molecule has 0 aromatic heterocycles. The van der Waals surface area contributed by atoms with E-state index in [0.717, 1.165) is 6.07 Å². The van der Waals surface area contributed by atoms with Crippen molar-refractivity contribution in [1.29, 1.82) is 0 Å².